The highest BCUT2D eigenvalue weighted by molar-refractivity contribution is 5.72. The Labute approximate surface area is 109 Å². The highest BCUT2D eigenvalue weighted by atomic mass is 19.2. The molecule has 0 amide bonds. The Morgan fingerprint density at radius 3 is 2.68 bits per heavy atom. The Hall–Kier alpha value is -2.17. The molecule has 0 saturated carbocycles. The molecule has 1 aromatic carbocycles. The van der Waals surface area contributed by atoms with Crippen LogP contribution in [0.15, 0.2) is 36.7 Å². The third-order valence-electron chi connectivity index (χ3n) is 3.20. The monoisotopic (exact) mass is 261 g/mol. The lowest BCUT2D eigenvalue weighted by atomic mass is 10.1. The van der Waals surface area contributed by atoms with Crippen molar-refractivity contribution in [2.24, 2.45) is 0 Å². The molecule has 0 atom stereocenters. The third-order valence-corrected chi connectivity index (χ3v) is 3.20. The number of hydrogen-bond donors (Lipinski definition) is 1. The Morgan fingerprint density at radius 1 is 1.16 bits per heavy atom. The second-order valence-corrected chi connectivity index (χ2v) is 4.49. The summed E-state index contributed by atoms with van der Waals surface area (Å²) in [6, 6.07) is 6.30. The third kappa shape index (κ3) is 2.36. The van der Waals surface area contributed by atoms with Crippen LogP contribution in [-0.4, -0.2) is 18.1 Å². The first-order chi connectivity index (χ1) is 9.24. The number of fused-ring (bicyclic) bond motifs is 1. The number of nitrogens with zero attached hydrogens (tertiary/aromatic N) is 2. The fraction of sp³-hybridized carbons (Fsp3) is 0.214. The van der Waals surface area contributed by atoms with Gasteiger partial charge in [0.05, 0.1) is 11.4 Å². The second-order valence-electron chi connectivity index (χ2n) is 4.49. The molecule has 0 bridgehead atoms. The van der Waals surface area contributed by atoms with Crippen LogP contribution in [0.4, 0.5) is 20.2 Å². The molecule has 1 aliphatic heterocycles. The van der Waals surface area contributed by atoms with E-state index in [0.29, 0.717) is 24.5 Å². The van der Waals surface area contributed by atoms with Crippen molar-refractivity contribution in [1.29, 1.82) is 0 Å². The molecule has 0 unspecified atom stereocenters. The van der Waals surface area contributed by atoms with Crippen LogP contribution >= 0.6 is 0 Å². The van der Waals surface area contributed by atoms with Crippen molar-refractivity contribution >= 4 is 11.4 Å². The first-order valence-electron chi connectivity index (χ1n) is 6.11. The van der Waals surface area contributed by atoms with Gasteiger partial charge in [0, 0.05) is 44.2 Å². The van der Waals surface area contributed by atoms with E-state index in [2.05, 4.69) is 10.3 Å². The molecule has 0 radical (unpaired) electrons. The van der Waals surface area contributed by atoms with Crippen LogP contribution in [0.2, 0.25) is 0 Å². The molecule has 0 fully saturated rings. The number of pyridine rings is 1. The predicted octanol–water partition coefficient (Wildman–Crippen LogP) is 2.79. The number of hydrogen-bond acceptors (Lipinski definition) is 3. The van der Waals surface area contributed by atoms with Crippen molar-refractivity contribution in [3.63, 3.8) is 0 Å². The molecular weight excluding hydrogens is 248 g/mol. The molecule has 98 valence electrons. The molecule has 0 spiro atoms. The number of benzene rings is 1. The van der Waals surface area contributed by atoms with Gasteiger partial charge in [-0.05, 0) is 17.7 Å². The van der Waals surface area contributed by atoms with E-state index >= 15 is 0 Å². The van der Waals surface area contributed by atoms with Crippen LogP contribution < -0.4 is 10.2 Å². The molecule has 3 rings (SSSR count). The number of anilines is 2. The quantitative estimate of drug-likeness (QED) is 0.901. The summed E-state index contributed by atoms with van der Waals surface area (Å²) in [6.07, 6.45) is 3.45. The lowest BCUT2D eigenvalue weighted by Gasteiger charge is -2.32. The smallest absolute Gasteiger partial charge is 0.161 e. The van der Waals surface area contributed by atoms with E-state index in [-0.39, 0.29) is 0 Å². The average molecular weight is 261 g/mol. The zero-order valence-electron chi connectivity index (χ0n) is 10.2. The summed E-state index contributed by atoms with van der Waals surface area (Å²) in [5.41, 5.74) is 2.42. The van der Waals surface area contributed by atoms with Gasteiger partial charge in [0.1, 0.15) is 0 Å². The highest BCUT2D eigenvalue weighted by Gasteiger charge is 2.19. The van der Waals surface area contributed by atoms with E-state index in [0.717, 1.165) is 12.1 Å². The number of nitrogens with one attached hydrogen (secondary N) is 1. The molecule has 1 aromatic heterocycles. The van der Waals surface area contributed by atoms with E-state index < -0.39 is 11.6 Å². The van der Waals surface area contributed by atoms with Crippen LogP contribution in [0.1, 0.15) is 5.56 Å². The normalized spacial score (nSPS) is 13.9. The van der Waals surface area contributed by atoms with E-state index in [1.165, 1.54) is 12.1 Å². The SMILES string of the molecule is Fc1cc2c(cc1F)N(Cc1ccncc1)CCN2. The van der Waals surface area contributed by atoms with Gasteiger partial charge in [0.2, 0.25) is 0 Å². The molecular formula is C14H13F2N3. The minimum absolute atomic E-state index is 0.638. The summed E-state index contributed by atoms with van der Waals surface area (Å²) in [5, 5.41) is 3.09. The largest absolute Gasteiger partial charge is 0.382 e. The summed E-state index contributed by atoms with van der Waals surface area (Å²) >= 11 is 0. The van der Waals surface area contributed by atoms with Crippen LogP contribution in [0, 0.1) is 11.6 Å². The van der Waals surface area contributed by atoms with Gasteiger partial charge in [-0.15, -0.1) is 0 Å². The summed E-state index contributed by atoms with van der Waals surface area (Å²) < 4.78 is 26.6. The summed E-state index contributed by atoms with van der Waals surface area (Å²) in [6.45, 7) is 2.12. The molecule has 3 nitrogen and oxygen atoms in total. The Balaban J connectivity index is 1.92. The standard InChI is InChI=1S/C14H13F2N3/c15-11-7-13-14(8-12(11)16)19(6-5-18-13)9-10-1-3-17-4-2-10/h1-4,7-8,18H,5-6,9H2. The van der Waals surface area contributed by atoms with Crippen LogP contribution in [0.3, 0.4) is 0 Å². The van der Waals surface area contributed by atoms with Gasteiger partial charge in [-0.2, -0.15) is 0 Å². The fourth-order valence-corrected chi connectivity index (χ4v) is 2.26. The molecule has 0 aliphatic carbocycles. The van der Waals surface area contributed by atoms with Gasteiger partial charge in [-0.25, -0.2) is 8.78 Å². The maximum absolute atomic E-state index is 13.4. The summed E-state index contributed by atoms with van der Waals surface area (Å²) in [5.74, 6) is -1.64. The first kappa shape index (κ1) is 11.9. The predicted molar refractivity (Wildman–Crippen MR) is 70.1 cm³/mol. The van der Waals surface area contributed by atoms with Gasteiger partial charge in [0.15, 0.2) is 11.6 Å². The average Bonchev–Trinajstić information content (AvgIpc) is 2.42. The molecule has 5 heteroatoms. The van der Waals surface area contributed by atoms with E-state index in [1.54, 1.807) is 12.4 Å². The molecule has 2 heterocycles. The lowest BCUT2D eigenvalue weighted by Crippen LogP contribution is -2.33. The Kier molecular flexibility index (Phi) is 3.03. The van der Waals surface area contributed by atoms with Gasteiger partial charge in [0.25, 0.3) is 0 Å². The van der Waals surface area contributed by atoms with Crippen LogP contribution in [-0.2, 0) is 6.54 Å². The maximum Gasteiger partial charge on any atom is 0.161 e. The van der Waals surface area contributed by atoms with Crippen molar-refractivity contribution in [3.05, 3.63) is 53.9 Å². The van der Waals surface area contributed by atoms with Crippen molar-refractivity contribution in [2.75, 3.05) is 23.3 Å². The molecule has 19 heavy (non-hydrogen) atoms. The van der Waals surface area contributed by atoms with Crippen molar-refractivity contribution in [3.8, 4) is 0 Å². The van der Waals surface area contributed by atoms with Crippen LogP contribution in [0.5, 0.6) is 0 Å². The van der Waals surface area contributed by atoms with Gasteiger partial charge in [-0.1, -0.05) is 0 Å². The minimum Gasteiger partial charge on any atom is -0.382 e. The molecule has 2 aromatic rings. The zero-order valence-corrected chi connectivity index (χ0v) is 10.2. The Bertz CT molecular complexity index is 587. The topological polar surface area (TPSA) is 28.2 Å². The van der Waals surface area contributed by atoms with E-state index in [1.807, 2.05) is 17.0 Å². The van der Waals surface area contributed by atoms with Gasteiger partial charge >= 0.3 is 0 Å². The van der Waals surface area contributed by atoms with Gasteiger partial charge < -0.3 is 10.2 Å². The maximum atomic E-state index is 13.4. The lowest BCUT2D eigenvalue weighted by molar-refractivity contribution is 0.508. The summed E-state index contributed by atoms with van der Waals surface area (Å²) in [4.78, 5) is 6.00. The molecule has 1 N–H and O–H groups in total. The molecule has 1 aliphatic rings. The second kappa shape index (κ2) is 4.84. The van der Waals surface area contributed by atoms with E-state index in [4.69, 9.17) is 0 Å². The fourth-order valence-electron chi connectivity index (χ4n) is 2.26. The number of aromatic nitrogens is 1. The minimum atomic E-state index is -0.822. The first-order valence-corrected chi connectivity index (χ1v) is 6.11. The van der Waals surface area contributed by atoms with Crippen molar-refractivity contribution in [1.82, 2.24) is 4.98 Å². The van der Waals surface area contributed by atoms with E-state index in [9.17, 15) is 8.78 Å². The Morgan fingerprint density at radius 2 is 1.89 bits per heavy atom. The summed E-state index contributed by atoms with van der Waals surface area (Å²) in [7, 11) is 0. The molecule has 0 saturated heterocycles. The van der Waals surface area contributed by atoms with Crippen LogP contribution in [0.25, 0.3) is 0 Å². The van der Waals surface area contributed by atoms with Crippen molar-refractivity contribution < 1.29 is 8.78 Å². The van der Waals surface area contributed by atoms with Gasteiger partial charge in [-0.3, -0.25) is 4.98 Å². The zero-order chi connectivity index (χ0) is 13.2. The number of halogens is 2. The number of rotatable bonds is 2. The highest BCUT2D eigenvalue weighted by Crippen LogP contribution is 2.32. The van der Waals surface area contributed by atoms with Crippen molar-refractivity contribution in [2.45, 2.75) is 6.54 Å².